The van der Waals surface area contributed by atoms with Gasteiger partial charge >= 0.3 is 6.09 Å². The molecule has 100 valence electrons. The van der Waals surface area contributed by atoms with Crippen LogP contribution in [0.4, 0.5) is 4.79 Å². The van der Waals surface area contributed by atoms with E-state index in [-0.39, 0.29) is 6.61 Å². The molecule has 4 nitrogen and oxygen atoms in total. The van der Waals surface area contributed by atoms with E-state index in [4.69, 9.17) is 15.2 Å². The van der Waals surface area contributed by atoms with Crippen molar-refractivity contribution in [3.05, 3.63) is 41.5 Å². The lowest BCUT2D eigenvalue weighted by Gasteiger charge is -2.14. The zero-order valence-corrected chi connectivity index (χ0v) is 11.1. The number of carbonyl (C=O) groups is 1. The predicted molar refractivity (Wildman–Crippen MR) is 74.5 cm³/mol. The number of benzene rings is 2. The molecule has 2 aromatic rings. The molecule has 2 rings (SSSR count). The topological polar surface area (TPSA) is 61.6 Å². The van der Waals surface area contributed by atoms with Crippen LogP contribution >= 0.6 is 0 Å². The summed E-state index contributed by atoms with van der Waals surface area (Å²) in [4.78, 5) is 10.6. The van der Waals surface area contributed by atoms with Crippen LogP contribution in [0, 0.1) is 6.92 Å². The molecule has 19 heavy (non-hydrogen) atoms. The smallest absolute Gasteiger partial charge is 0.404 e. The molecule has 0 heterocycles. The molecule has 0 spiro atoms. The maximum Gasteiger partial charge on any atom is 0.404 e. The molecule has 2 N–H and O–H groups in total. The SMILES string of the molecule is COc1cc2ccccc2c(C)c1CCOC(N)=O. The minimum atomic E-state index is -0.752. The van der Waals surface area contributed by atoms with E-state index in [0.29, 0.717) is 6.42 Å². The molecular formula is C15H17NO3. The average molecular weight is 259 g/mol. The van der Waals surface area contributed by atoms with Crippen LogP contribution in [0.2, 0.25) is 0 Å². The minimum absolute atomic E-state index is 0.255. The molecule has 4 heteroatoms. The minimum Gasteiger partial charge on any atom is -0.496 e. The van der Waals surface area contributed by atoms with E-state index >= 15 is 0 Å². The van der Waals surface area contributed by atoms with Gasteiger partial charge in [-0.25, -0.2) is 4.79 Å². The number of hydrogen-bond acceptors (Lipinski definition) is 3. The van der Waals surface area contributed by atoms with E-state index in [9.17, 15) is 4.79 Å². The van der Waals surface area contributed by atoms with E-state index in [1.165, 1.54) is 5.39 Å². The van der Waals surface area contributed by atoms with Crippen LogP contribution in [0.15, 0.2) is 30.3 Å². The number of nitrogens with two attached hydrogens (primary N) is 1. The second-order valence-corrected chi connectivity index (χ2v) is 4.32. The fourth-order valence-corrected chi connectivity index (χ4v) is 2.29. The summed E-state index contributed by atoms with van der Waals surface area (Å²) in [6.45, 7) is 2.30. The molecule has 0 atom stereocenters. The highest BCUT2D eigenvalue weighted by atomic mass is 16.5. The van der Waals surface area contributed by atoms with Gasteiger partial charge in [0, 0.05) is 12.0 Å². The Labute approximate surface area is 112 Å². The Bertz CT molecular complexity index is 608. The van der Waals surface area contributed by atoms with E-state index < -0.39 is 6.09 Å². The maximum atomic E-state index is 10.6. The number of amides is 1. The van der Waals surface area contributed by atoms with Crippen molar-refractivity contribution < 1.29 is 14.3 Å². The summed E-state index contributed by atoms with van der Waals surface area (Å²) in [5.41, 5.74) is 7.15. The van der Waals surface area contributed by atoms with Gasteiger partial charge in [0.05, 0.1) is 13.7 Å². The van der Waals surface area contributed by atoms with E-state index in [0.717, 1.165) is 22.3 Å². The van der Waals surface area contributed by atoms with Gasteiger partial charge in [0.2, 0.25) is 0 Å². The van der Waals surface area contributed by atoms with Gasteiger partial charge in [-0.1, -0.05) is 24.3 Å². The second-order valence-electron chi connectivity index (χ2n) is 4.32. The van der Waals surface area contributed by atoms with Crippen molar-refractivity contribution in [3.63, 3.8) is 0 Å². The lowest BCUT2D eigenvalue weighted by Crippen LogP contribution is -2.15. The van der Waals surface area contributed by atoms with Gasteiger partial charge in [0.15, 0.2) is 0 Å². The molecule has 2 aromatic carbocycles. The molecule has 0 aliphatic heterocycles. The van der Waals surface area contributed by atoms with Crippen molar-refractivity contribution in [2.45, 2.75) is 13.3 Å². The number of fused-ring (bicyclic) bond motifs is 1. The monoisotopic (exact) mass is 259 g/mol. The van der Waals surface area contributed by atoms with Crippen LogP contribution in [0.1, 0.15) is 11.1 Å². The first-order chi connectivity index (χ1) is 9.13. The van der Waals surface area contributed by atoms with Crippen LogP contribution in [-0.4, -0.2) is 19.8 Å². The van der Waals surface area contributed by atoms with Crippen molar-refractivity contribution in [3.8, 4) is 5.75 Å². The Morgan fingerprint density at radius 3 is 2.74 bits per heavy atom. The molecular weight excluding hydrogens is 242 g/mol. The molecule has 0 unspecified atom stereocenters. The number of methoxy groups -OCH3 is 1. The first-order valence-electron chi connectivity index (χ1n) is 6.11. The molecule has 0 bridgehead atoms. The van der Waals surface area contributed by atoms with Crippen LogP contribution < -0.4 is 10.5 Å². The molecule has 0 aliphatic carbocycles. The van der Waals surface area contributed by atoms with Gasteiger partial charge in [-0.15, -0.1) is 0 Å². The third-order valence-electron chi connectivity index (χ3n) is 3.22. The molecule has 0 aliphatic rings. The number of hydrogen-bond donors (Lipinski definition) is 1. The van der Waals surface area contributed by atoms with Gasteiger partial charge in [0.1, 0.15) is 5.75 Å². The van der Waals surface area contributed by atoms with E-state index in [2.05, 4.69) is 12.1 Å². The zero-order chi connectivity index (χ0) is 13.8. The van der Waals surface area contributed by atoms with Gasteiger partial charge in [-0.05, 0) is 29.3 Å². The van der Waals surface area contributed by atoms with Crippen molar-refractivity contribution in [1.29, 1.82) is 0 Å². The number of primary amides is 1. The molecule has 0 saturated heterocycles. The lowest BCUT2D eigenvalue weighted by atomic mass is 9.97. The number of aryl methyl sites for hydroxylation is 1. The van der Waals surface area contributed by atoms with Crippen molar-refractivity contribution in [1.82, 2.24) is 0 Å². The quantitative estimate of drug-likeness (QED) is 0.918. The average Bonchev–Trinajstić information content (AvgIpc) is 2.40. The number of carbonyl (C=O) groups excluding carboxylic acids is 1. The summed E-state index contributed by atoms with van der Waals surface area (Å²) in [5.74, 6) is 0.810. The standard InChI is InChI=1S/C15H17NO3/c1-10-12-6-4-3-5-11(12)9-14(18-2)13(10)7-8-19-15(16)17/h3-6,9H,7-8H2,1-2H3,(H2,16,17). The summed E-state index contributed by atoms with van der Waals surface area (Å²) in [5, 5.41) is 2.31. The Morgan fingerprint density at radius 2 is 2.05 bits per heavy atom. The van der Waals surface area contributed by atoms with Crippen LogP contribution in [-0.2, 0) is 11.2 Å². The summed E-state index contributed by atoms with van der Waals surface area (Å²) >= 11 is 0. The fourth-order valence-electron chi connectivity index (χ4n) is 2.29. The summed E-state index contributed by atoms with van der Waals surface area (Å²) in [6.07, 6.45) is -0.166. The van der Waals surface area contributed by atoms with Gasteiger partial charge in [0.25, 0.3) is 0 Å². The summed E-state index contributed by atoms with van der Waals surface area (Å²) in [6, 6.07) is 10.1. The van der Waals surface area contributed by atoms with Gasteiger partial charge < -0.3 is 15.2 Å². The molecule has 0 saturated carbocycles. The molecule has 0 fully saturated rings. The largest absolute Gasteiger partial charge is 0.496 e. The van der Waals surface area contributed by atoms with Gasteiger partial charge in [-0.3, -0.25) is 0 Å². The van der Waals surface area contributed by atoms with Crippen LogP contribution in [0.5, 0.6) is 5.75 Å². The summed E-state index contributed by atoms with van der Waals surface area (Å²) in [7, 11) is 1.64. The predicted octanol–water partition coefficient (Wildman–Crippen LogP) is 2.79. The Hall–Kier alpha value is -2.23. The number of ether oxygens (including phenoxy) is 2. The van der Waals surface area contributed by atoms with Crippen molar-refractivity contribution in [2.75, 3.05) is 13.7 Å². The third kappa shape index (κ3) is 2.78. The normalized spacial score (nSPS) is 10.4. The molecule has 0 radical (unpaired) electrons. The highest BCUT2D eigenvalue weighted by molar-refractivity contribution is 5.88. The Kier molecular flexibility index (Phi) is 3.90. The lowest BCUT2D eigenvalue weighted by molar-refractivity contribution is 0.158. The van der Waals surface area contributed by atoms with Crippen molar-refractivity contribution in [2.24, 2.45) is 5.73 Å². The number of rotatable bonds is 4. The van der Waals surface area contributed by atoms with Crippen molar-refractivity contribution >= 4 is 16.9 Å². The molecule has 1 amide bonds. The summed E-state index contributed by atoms with van der Waals surface area (Å²) < 4.78 is 10.2. The van der Waals surface area contributed by atoms with Crippen LogP contribution in [0.25, 0.3) is 10.8 Å². The third-order valence-corrected chi connectivity index (χ3v) is 3.22. The maximum absolute atomic E-state index is 10.6. The highest BCUT2D eigenvalue weighted by Gasteiger charge is 2.11. The fraction of sp³-hybridized carbons (Fsp3) is 0.267. The van der Waals surface area contributed by atoms with E-state index in [1.807, 2.05) is 25.1 Å². The second kappa shape index (κ2) is 5.61. The van der Waals surface area contributed by atoms with Gasteiger partial charge in [-0.2, -0.15) is 0 Å². The first kappa shape index (κ1) is 13.2. The Morgan fingerprint density at radius 1 is 1.32 bits per heavy atom. The highest BCUT2D eigenvalue weighted by Crippen LogP contribution is 2.30. The first-order valence-corrected chi connectivity index (χ1v) is 6.11. The van der Waals surface area contributed by atoms with Crippen LogP contribution in [0.3, 0.4) is 0 Å². The van der Waals surface area contributed by atoms with E-state index in [1.54, 1.807) is 7.11 Å². The Balaban J connectivity index is 2.40. The molecule has 0 aromatic heterocycles. The zero-order valence-electron chi connectivity index (χ0n) is 11.1.